The van der Waals surface area contributed by atoms with Crippen molar-refractivity contribution in [2.45, 2.75) is 52.0 Å². The second-order valence-corrected chi connectivity index (χ2v) is 6.99. The smallest absolute Gasteiger partial charge is 0.220 e. The largest absolute Gasteiger partial charge is 0.355 e. The molecule has 144 valence electrons. The summed E-state index contributed by atoms with van der Waals surface area (Å²) >= 11 is 0. The molecule has 0 spiro atoms. The Morgan fingerprint density at radius 3 is 2.58 bits per heavy atom. The average molecular weight is 362 g/mol. The van der Waals surface area contributed by atoms with Crippen LogP contribution in [0.15, 0.2) is 23.2 Å². The van der Waals surface area contributed by atoms with Gasteiger partial charge in [-0.3, -0.25) is 9.79 Å². The van der Waals surface area contributed by atoms with Crippen LogP contribution in [0.3, 0.4) is 0 Å². The predicted octanol–water partition coefficient (Wildman–Crippen LogP) is 2.89. The molecule has 1 aromatic carbocycles. The van der Waals surface area contributed by atoms with Crippen molar-refractivity contribution in [3.8, 4) is 0 Å². The minimum atomic E-state index is -0.194. The lowest BCUT2D eigenvalue weighted by Gasteiger charge is -2.20. The Bertz CT molecular complexity index is 612. The molecule has 1 amide bonds. The van der Waals surface area contributed by atoms with E-state index < -0.39 is 0 Å². The van der Waals surface area contributed by atoms with Crippen LogP contribution in [0.5, 0.6) is 0 Å². The standard InChI is InChI=1S/C20H31FN4O/c1-15-12-17(8-9-18(15)21)14-25-20(22-2)24-11-10-23-19(26)13-16-6-4-3-5-7-16/h8-9,12,16H,3-7,10-11,13-14H2,1-2H3,(H,23,26)(H2,22,24,25). The Morgan fingerprint density at radius 2 is 1.88 bits per heavy atom. The lowest BCUT2D eigenvalue weighted by atomic mass is 9.87. The first-order chi connectivity index (χ1) is 12.6. The molecule has 0 atom stereocenters. The van der Waals surface area contributed by atoms with Crippen LogP contribution in [0.1, 0.15) is 49.7 Å². The quantitative estimate of drug-likeness (QED) is 0.397. The third-order valence-corrected chi connectivity index (χ3v) is 4.84. The van der Waals surface area contributed by atoms with Gasteiger partial charge in [0.05, 0.1) is 0 Å². The van der Waals surface area contributed by atoms with Gasteiger partial charge in [0.25, 0.3) is 0 Å². The highest BCUT2D eigenvalue weighted by Crippen LogP contribution is 2.25. The minimum absolute atomic E-state index is 0.142. The van der Waals surface area contributed by atoms with Crippen LogP contribution in [0.4, 0.5) is 4.39 Å². The van der Waals surface area contributed by atoms with Gasteiger partial charge >= 0.3 is 0 Å². The number of aliphatic imine (C=N–C) groups is 1. The fourth-order valence-corrected chi connectivity index (χ4v) is 3.33. The van der Waals surface area contributed by atoms with Crippen molar-refractivity contribution in [3.63, 3.8) is 0 Å². The number of nitrogens with zero attached hydrogens (tertiary/aromatic N) is 1. The van der Waals surface area contributed by atoms with E-state index in [2.05, 4.69) is 20.9 Å². The highest BCUT2D eigenvalue weighted by molar-refractivity contribution is 5.80. The maximum atomic E-state index is 13.3. The maximum Gasteiger partial charge on any atom is 0.220 e. The summed E-state index contributed by atoms with van der Waals surface area (Å²) in [5.41, 5.74) is 1.63. The predicted molar refractivity (Wildman–Crippen MR) is 104 cm³/mol. The number of hydrogen-bond acceptors (Lipinski definition) is 2. The second kappa shape index (κ2) is 10.8. The van der Waals surface area contributed by atoms with Crippen LogP contribution in [0.25, 0.3) is 0 Å². The lowest BCUT2D eigenvalue weighted by Crippen LogP contribution is -2.41. The molecular weight excluding hydrogens is 331 g/mol. The summed E-state index contributed by atoms with van der Waals surface area (Å²) in [6, 6.07) is 5.06. The monoisotopic (exact) mass is 362 g/mol. The van der Waals surface area contributed by atoms with Crippen LogP contribution < -0.4 is 16.0 Å². The molecule has 5 nitrogen and oxygen atoms in total. The zero-order chi connectivity index (χ0) is 18.8. The third kappa shape index (κ3) is 7.02. The molecule has 1 aliphatic carbocycles. The van der Waals surface area contributed by atoms with E-state index in [4.69, 9.17) is 0 Å². The van der Waals surface area contributed by atoms with Gasteiger partial charge in [0.2, 0.25) is 5.91 Å². The molecule has 0 heterocycles. The Kier molecular flexibility index (Phi) is 8.38. The number of guanidine groups is 1. The molecule has 1 fully saturated rings. The number of rotatable bonds is 7. The molecule has 0 radical (unpaired) electrons. The van der Waals surface area contributed by atoms with Crippen molar-refractivity contribution in [1.29, 1.82) is 0 Å². The topological polar surface area (TPSA) is 65.5 Å². The molecule has 2 rings (SSSR count). The molecule has 3 N–H and O–H groups in total. The van der Waals surface area contributed by atoms with Crippen molar-refractivity contribution < 1.29 is 9.18 Å². The maximum absolute atomic E-state index is 13.3. The molecule has 26 heavy (non-hydrogen) atoms. The zero-order valence-corrected chi connectivity index (χ0v) is 15.9. The van der Waals surface area contributed by atoms with Gasteiger partial charge in [-0.2, -0.15) is 0 Å². The highest BCUT2D eigenvalue weighted by Gasteiger charge is 2.16. The average Bonchev–Trinajstić information content (AvgIpc) is 2.64. The molecule has 1 saturated carbocycles. The van der Waals surface area contributed by atoms with Crippen LogP contribution in [-0.2, 0) is 11.3 Å². The van der Waals surface area contributed by atoms with E-state index in [1.807, 2.05) is 6.07 Å². The molecule has 1 aromatic rings. The summed E-state index contributed by atoms with van der Waals surface area (Å²) in [5.74, 6) is 1.17. The van der Waals surface area contributed by atoms with Crippen LogP contribution in [0, 0.1) is 18.7 Å². The normalized spacial score (nSPS) is 15.6. The first kappa shape index (κ1) is 20.2. The molecule has 0 saturated heterocycles. The highest BCUT2D eigenvalue weighted by atomic mass is 19.1. The first-order valence-electron chi connectivity index (χ1n) is 9.54. The summed E-state index contributed by atoms with van der Waals surface area (Å²) in [6.07, 6.45) is 6.85. The number of halogens is 1. The Morgan fingerprint density at radius 1 is 1.15 bits per heavy atom. The number of nitrogens with one attached hydrogen (secondary N) is 3. The van der Waals surface area contributed by atoms with Gasteiger partial charge < -0.3 is 16.0 Å². The molecule has 0 aromatic heterocycles. The fourth-order valence-electron chi connectivity index (χ4n) is 3.33. The Hall–Kier alpha value is -2.11. The summed E-state index contributed by atoms with van der Waals surface area (Å²) in [7, 11) is 1.70. The van der Waals surface area contributed by atoms with E-state index in [0.29, 0.717) is 43.5 Å². The summed E-state index contributed by atoms with van der Waals surface area (Å²) in [4.78, 5) is 16.1. The third-order valence-electron chi connectivity index (χ3n) is 4.84. The fraction of sp³-hybridized carbons (Fsp3) is 0.600. The van der Waals surface area contributed by atoms with E-state index in [1.54, 1.807) is 20.0 Å². The van der Waals surface area contributed by atoms with E-state index in [1.165, 1.54) is 38.2 Å². The molecule has 0 unspecified atom stereocenters. The van der Waals surface area contributed by atoms with Crippen molar-refractivity contribution >= 4 is 11.9 Å². The zero-order valence-electron chi connectivity index (χ0n) is 15.9. The van der Waals surface area contributed by atoms with E-state index >= 15 is 0 Å². The van der Waals surface area contributed by atoms with Gasteiger partial charge in [-0.15, -0.1) is 0 Å². The van der Waals surface area contributed by atoms with Crippen LogP contribution in [-0.4, -0.2) is 32.0 Å². The lowest BCUT2D eigenvalue weighted by molar-refractivity contribution is -0.122. The van der Waals surface area contributed by atoms with Gasteiger partial charge in [-0.25, -0.2) is 4.39 Å². The summed E-state index contributed by atoms with van der Waals surface area (Å²) in [6.45, 7) is 3.50. The van der Waals surface area contributed by atoms with Gasteiger partial charge in [0, 0.05) is 33.1 Å². The molecule has 0 bridgehead atoms. The molecule has 0 aliphatic heterocycles. The minimum Gasteiger partial charge on any atom is -0.355 e. The molecular formula is C20H31FN4O. The molecule has 6 heteroatoms. The van der Waals surface area contributed by atoms with E-state index in [-0.39, 0.29) is 11.7 Å². The number of carbonyl (C=O) groups excluding carboxylic acids is 1. The van der Waals surface area contributed by atoms with Gasteiger partial charge in [-0.1, -0.05) is 31.4 Å². The molecule has 1 aliphatic rings. The Labute approximate surface area is 155 Å². The number of amides is 1. The number of carbonyl (C=O) groups is 1. The summed E-state index contributed by atoms with van der Waals surface area (Å²) < 4.78 is 13.3. The van der Waals surface area contributed by atoms with Crippen LogP contribution >= 0.6 is 0 Å². The SMILES string of the molecule is CN=C(NCCNC(=O)CC1CCCCC1)NCc1ccc(F)c(C)c1. The summed E-state index contributed by atoms with van der Waals surface area (Å²) in [5, 5.41) is 9.34. The first-order valence-corrected chi connectivity index (χ1v) is 9.54. The van der Waals surface area contributed by atoms with E-state index in [0.717, 1.165) is 5.56 Å². The second-order valence-electron chi connectivity index (χ2n) is 6.99. The van der Waals surface area contributed by atoms with Crippen molar-refractivity contribution in [3.05, 3.63) is 35.1 Å². The number of aryl methyl sites for hydroxylation is 1. The van der Waals surface area contributed by atoms with E-state index in [9.17, 15) is 9.18 Å². The number of hydrogen-bond donors (Lipinski definition) is 3. The van der Waals surface area contributed by atoms with Crippen LogP contribution in [0.2, 0.25) is 0 Å². The van der Waals surface area contributed by atoms with Gasteiger partial charge in [0.1, 0.15) is 5.82 Å². The van der Waals surface area contributed by atoms with Crippen molar-refractivity contribution in [2.75, 3.05) is 20.1 Å². The van der Waals surface area contributed by atoms with Crippen molar-refractivity contribution in [1.82, 2.24) is 16.0 Å². The Balaban J connectivity index is 1.62. The van der Waals surface area contributed by atoms with Gasteiger partial charge in [-0.05, 0) is 42.9 Å². The van der Waals surface area contributed by atoms with Crippen molar-refractivity contribution in [2.24, 2.45) is 10.9 Å². The van der Waals surface area contributed by atoms with Gasteiger partial charge in [0.15, 0.2) is 5.96 Å². The number of benzene rings is 1.